The highest BCUT2D eigenvalue weighted by atomic mass is 32.2. The maximum Gasteiger partial charge on any atom is 0.192 e. The molecule has 0 saturated heterocycles. The Morgan fingerprint density at radius 3 is 2.03 bits per heavy atom. The Labute approximate surface area is 181 Å². The first-order chi connectivity index (χ1) is 14.4. The van der Waals surface area contributed by atoms with E-state index in [1.807, 2.05) is 31.2 Å². The van der Waals surface area contributed by atoms with Gasteiger partial charge in [-0.3, -0.25) is 4.79 Å². The number of ether oxygens (including phenoxy) is 2. The molecule has 0 aliphatic rings. The standard InChI is InChI=1S/C23H27N3O3S/c1-15(2)14-26-22(18-8-12-20(29-5)13-9-18)24-25-23(26)30-16(3)21(27)17-6-10-19(28-4)11-7-17/h6-13,15-16H,14H2,1-5H3/t16-/m1/s1. The zero-order chi connectivity index (χ0) is 21.7. The summed E-state index contributed by atoms with van der Waals surface area (Å²) in [5.74, 6) is 2.77. The fourth-order valence-electron chi connectivity index (χ4n) is 3.06. The largest absolute Gasteiger partial charge is 0.497 e. The van der Waals surface area contributed by atoms with E-state index < -0.39 is 0 Å². The van der Waals surface area contributed by atoms with Crippen LogP contribution in [-0.2, 0) is 6.54 Å². The van der Waals surface area contributed by atoms with Crippen molar-refractivity contribution in [2.75, 3.05) is 14.2 Å². The molecule has 0 saturated carbocycles. The van der Waals surface area contributed by atoms with Gasteiger partial charge in [0, 0.05) is 17.7 Å². The minimum Gasteiger partial charge on any atom is -0.497 e. The van der Waals surface area contributed by atoms with Crippen molar-refractivity contribution in [3.63, 3.8) is 0 Å². The van der Waals surface area contributed by atoms with E-state index in [4.69, 9.17) is 9.47 Å². The predicted molar refractivity (Wildman–Crippen MR) is 119 cm³/mol. The molecular formula is C23H27N3O3S. The lowest BCUT2D eigenvalue weighted by molar-refractivity contribution is 0.0994. The Morgan fingerprint density at radius 2 is 1.50 bits per heavy atom. The van der Waals surface area contributed by atoms with Crippen LogP contribution in [0.3, 0.4) is 0 Å². The molecule has 0 bridgehead atoms. The molecule has 2 aromatic carbocycles. The number of benzene rings is 2. The average Bonchev–Trinajstić information content (AvgIpc) is 3.14. The van der Waals surface area contributed by atoms with E-state index in [9.17, 15) is 4.79 Å². The molecule has 6 nitrogen and oxygen atoms in total. The van der Waals surface area contributed by atoms with Gasteiger partial charge in [-0.25, -0.2) is 0 Å². The molecule has 0 fully saturated rings. The number of carbonyl (C=O) groups is 1. The average molecular weight is 426 g/mol. The third-order valence-corrected chi connectivity index (χ3v) is 5.72. The fraction of sp³-hybridized carbons (Fsp3) is 0.348. The molecule has 0 spiro atoms. The zero-order valence-corrected chi connectivity index (χ0v) is 18.8. The molecule has 0 amide bonds. The van der Waals surface area contributed by atoms with E-state index in [0.29, 0.717) is 11.5 Å². The van der Waals surface area contributed by atoms with Gasteiger partial charge in [0.05, 0.1) is 19.5 Å². The number of rotatable bonds is 9. The highest BCUT2D eigenvalue weighted by molar-refractivity contribution is 8.00. The monoisotopic (exact) mass is 425 g/mol. The molecule has 0 radical (unpaired) electrons. The number of carbonyl (C=O) groups excluding carboxylic acids is 1. The maximum atomic E-state index is 12.9. The van der Waals surface area contributed by atoms with Crippen LogP contribution in [-0.4, -0.2) is 40.0 Å². The van der Waals surface area contributed by atoms with Crippen LogP contribution < -0.4 is 9.47 Å². The van der Waals surface area contributed by atoms with Gasteiger partial charge in [0.25, 0.3) is 0 Å². The van der Waals surface area contributed by atoms with E-state index in [-0.39, 0.29) is 11.0 Å². The normalized spacial score (nSPS) is 12.1. The van der Waals surface area contributed by atoms with Gasteiger partial charge >= 0.3 is 0 Å². The SMILES string of the molecule is COc1ccc(C(=O)[C@@H](C)Sc2nnc(-c3ccc(OC)cc3)n2CC(C)C)cc1. The molecule has 0 aliphatic carbocycles. The van der Waals surface area contributed by atoms with Crippen molar-refractivity contribution in [1.82, 2.24) is 14.8 Å². The quantitative estimate of drug-likeness (QED) is 0.356. The Morgan fingerprint density at radius 1 is 0.933 bits per heavy atom. The van der Waals surface area contributed by atoms with Gasteiger partial charge in [-0.05, 0) is 61.4 Å². The summed E-state index contributed by atoms with van der Waals surface area (Å²) in [6.07, 6.45) is 0. The number of thioether (sulfide) groups is 1. The van der Waals surface area contributed by atoms with E-state index in [0.717, 1.165) is 34.6 Å². The molecule has 0 unspecified atom stereocenters. The predicted octanol–water partition coefficient (Wildman–Crippen LogP) is 4.98. The Bertz CT molecular complexity index is 982. The van der Waals surface area contributed by atoms with Crippen LogP contribution in [0.4, 0.5) is 0 Å². The molecular weight excluding hydrogens is 398 g/mol. The molecule has 158 valence electrons. The molecule has 30 heavy (non-hydrogen) atoms. The van der Waals surface area contributed by atoms with Crippen LogP contribution >= 0.6 is 11.8 Å². The number of ketones is 1. The van der Waals surface area contributed by atoms with Crippen LogP contribution in [0.25, 0.3) is 11.4 Å². The topological polar surface area (TPSA) is 66.2 Å². The number of methoxy groups -OCH3 is 2. The van der Waals surface area contributed by atoms with E-state index >= 15 is 0 Å². The van der Waals surface area contributed by atoms with Crippen LogP contribution in [0.5, 0.6) is 11.5 Å². The van der Waals surface area contributed by atoms with Crippen molar-refractivity contribution in [2.24, 2.45) is 5.92 Å². The van der Waals surface area contributed by atoms with Crippen molar-refractivity contribution in [1.29, 1.82) is 0 Å². The minimum atomic E-state index is -0.294. The molecule has 7 heteroatoms. The summed E-state index contributed by atoms with van der Waals surface area (Å²) in [7, 11) is 3.25. The summed E-state index contributed by atoms with van der Waals surface area (Å²) in [5.41, 5.74) is 1.62. The van der Waals surface area contributed by atoms with Crippen LogP contribution in [0.1, 0.15) is 31.1 Å². The Hall–Kier alpha value is -2.80. The summed E-state index contributed by atoms with van der Waals surface area (Å²) in [6.45, 7) is 6.97. The van der Waals surface area contributed by atoms with E-state index in [1.54, 1.807) is 38.5 Å². The molecule has 1 aromatic heterocycles. The lowest BCUT2D eigenvalue weighted by Crippen LogP contribution is -2.15. The van der Waals surface area contributed by atoms with Crippen molar-refractivity contribution < 1.29 is 14.3 Å². The van der Waals surface area contributed by atoms with Gasteiger partial charge < -0.3 is 14.0 Å². The number of nitrogens with zero attached hydrogens (tertiary/aromatic N) is 3. The highest BCUT2D eigenvalue weighted by Crippen LogP contribution is 2.30. The summed E-state index contributed by atoms with van der Waals surface area (Å²) in [4.78, 5) is 12.9. The molecule has 1 atom stereocenters. The Balaban J connectivity index is 1.85. The van der Waals surface area contributed by atoms with Crippen molar-refractivity contribution in [2.45, 2.75) is 37.7 Å². The second kappa shape index (κ2) is 9.80. The van der Waals surface area contributed by atoms with Crippen molar-refractivity contribution in [3.05, 3.63) is 54.1 Å². The third kappa shape index (κ3) is 5.02. The van der Waals surface area contributed by atoms with Gasteiger partial charge in [-0.1, -0.05) is 25.6 Å². The number of Topliss-reactive ketones (excluding diaryl/α,β-unsaturated/α-hetero) is 1. The first-order valence-electron chi connectivity index (χ1n) is 9.85. The number of aromatic nitrogens is 3. The van der Waals surface area contributed by atoms with Crippen LogP contribution in [0.15, 0.2) is 53.7 Å². The first-order valence-corrected chi connectivity index (χ1v) is 10.7. The molecule has 3 aromatic rings. The van der Waals surface area contributed by atoms with Crippen molar-refractivity contribution in [3.8, 4) is 22.9 Å². The lowest BCUT2D eigenvalue weighted by Gasteiger charge is -2.15. The van der Waals surface area contributed by atoms with Crippen LogP contribution in [0.2, 0.25) is 0 Å². The van der Waals surface area contributed by atoms with Gasteiger partial charge in [-0.15, -0.1) is 10.2 Å². The van der Waals surface area contributed by atoms with Gasteiger partial charge in [0.2, 0.25) is 0 Å². The third-order valence-electron chi connectivity index (χ3n) is 4.64. The Kier molecular flexibility index (Phi) is 7.15. The summed E-state index contributed by atoms with van der Waals surface area (Å²) >= 11 is 1.43. The van der Waals surface area contributed by atoms with E-state index in [2.05, 4.69) is 28.6 Å². The second-order valence-electron chi connectivity index (χ2n) is 7.39. The van der Waals surface area contributed by atoms with Gasteiger partial charge in [0.1, 0.15) is 11.5 Å². The van der Waals surface area contributed by atoms with Crippen LogP contribution in [0, 0.1) is 5.92 Å². The summed E-state index contributed by atoms with van der Waals surface area (Å²) in [6, 6.07) is 14.9. The van der Waals surface area contributed by atoms with Gasteiger partial charge in [0.15, 0.2) is 16.8 Å². The highest BCUT2D eigenvalue weighted by Gasteiger charge is 2.22. The zero-order valence-electron chi connectivity index (χ0n) is 18.0. The summed E-state index contributed by atoms with van der Waals surface area (Å²) in [5, 5.41) is 9.28. The fourth-order valence-corrected chi connectivity index (χ4v) is 4.00. The van der Waals surface area contributed by atoms with Gasteiger partial charge in [-0.2, -0.15) is 0 Å². The first kappa shape index (κ1) is 21.9. The number of hydrogen-bond donors (Lipinski definition) is 0. The van der Waals surface area contributed by atoms with E-state index in [1.165, 1.54) is 11.8 Å². The second-order valence-corrected chi connectivity index (χ2v) is 8.70. The lowest BCUT2D eigenvalue weighted by atomic mass is 10.1. The molecule has 3 rings (SSSR count). The molecule has 0 N–H and O–H groups in total. The molecule has 1 heterocycles. The minimum absolute atomic E-state index is 0.0488. The summed E-state index contributed by atoms with van der Waals surface area (Å²) < 4.78 is 12.5. The number of hydrogen-bond acceptors (Lipinski definition) is 6. The maximum absolute atomic E-state index is 12.9. The smallest absolute Gasteiger partial charge is 0.192 e. The van der Waals surface area contributed by atoms with Crippen molar-refractivity contribution >= 4 is 17.5 Å². The molecule has 0 aliphatic heterocycles.